The van der Waals surface area contributed by atoms with Crippen LogP contribution in [-0.4, -0.2) is 22.0 Å². The minimum Gasteiger partial charge on any atom is -0.352 e. The zero-order valence-corrected chi connectivity index (χ0v) is 14.2. The second-order valence-corrected chi connectivity index (χ2v) is 6.15. The van der Waals surface area contributed by atoms with Gasteiger partial charge in [-0.2, -0.15) is 0 Å². The number of carbonyl (C=O) groups is 1. The molecular formula is C17H15Cl2N3O2. The third-order valence-corrected chi connectivity index (χ3v) is 4.45. The zero-order valence-electron chi connectivity index (χ0n) is 12.7. The van der Waals surface area contributed by atoms with Crippen molar-refractivity contribution in [3.63, 3.8) is 0 Å². The van der Waals surface area contributed by atoms with Gasteiger partial charge in [0.15, 0.2) is 0 Å². The number of fused-ring (bicyclic) bond motifs is 1. The van der Waals surface area contributed by atoms with Crippen molar-refractivity contribution in [1.29, 1.82) is 0 Å². The maximum Gasteiger partial charge on any atom is 0.326 e. The molecule has 124 valence electrons. The summed E-state index contributed by atoms with van der Waals surface area (Å²) in [4.78, 5) is 26.8. The number of hydrogen-bond acceptors (Lipinski definition) is 2. The molecule has 0 bridgehead atoms. The smallest absolute Gasteiger partial charge is 0.326 e. The van der Waals surface area contributed by atoms with Gasteiger partial charge in [0, 0.05) is 18.7 Å². The number of aromatic nitrogens is 2. The minimum absolute atomic E-state index is 0.146. The van der Waals surface area contributed by atoms with E-state index in [4.69, 9.17) is 23.2 Å². The zero-order chi connectivity index (χ0) is 17.1. The van der Waals surface area contributed by atoms with E-state index in [-0.39, 0.29) is 11.6 Å². The number of aromatic amines is 1. The van der Waals surface area contributed by atoms with Crippen LogP contribution in [0.25, 0.3) is 11.0 Å². The highest BCUT2D eigenvalue weighted by Crippen LogP contribution is 2.22. The fraction of sp³-hybridized carbons (Fsp3) is 0.176. The van der Waals surface area contributed by atoms with Crippen LogP contribution in [0.5, 0.6) is 0 Å². The molecule has 0 radical (unpaired) electrons. The molecule has 7 heteroatoms. The number of nitrogens with zero attached hydrogens (tertiary/aromatic N) is 1. The summed E-state index contributed by atoms with van der Waals surface area (Å²) in [6.45, 7) is 0.968. The largest absolute Gasteiger partial charge is 0.352 e. The van der Waals surface area contributed by atoms with Crippen LogP contribution in [-0.2, 0) is 6.54 Å². The first-order chi connectivity index (χ1) is 11.6. The molecule has 1 amide bonds. The van der Waals surface area contributed by atoms with Gasteiger partial charge in [0.1, 0.15) is 0 Å². The van der Waals surface area contributed by atoms with Crippen molar-refractivity contribution in [2.45, 2.75) is 13.0 Å². The lowest BCUT2D eigenvalue weighted by Crippen LogP contribution is -2.26. The van der Waals surface area contributed by atoms with E-state index in [1.807, 2.05) is 24.3 Å². The van der Waals surface area contributed by atoms with E-state index in [0.717, 1.165) is 11.0 Å². The number of rotatable bonds is 5. The van der Waals surface area contributed by atoms with Crippen LogP contribution in [0.3, 0.4) is 0 Å². The van der Waals surface area contributed by atoms with Crippen LogP contribution in [0, 0.1) is 0 Å². The Kier molecular flexibility index (Phi) is 4.92. The predicted octanol–water partition coefficient (Wildman–Crippen LogP) is 3.46. The average molecular weight is 364 g/mol. The Morgan fingerprint density at radius 2 is 1.92 bits per heavy atom. The number of amides is 1. The highest BCUT2D eigenvalue weighted by molar-refractivity contribution is 6.42. The Balaban J connectivity index is 1.58. The first-order valence-corrected chi connectivity index (χ1v) is 8.22. The van der Waals surface area contributed by atoms with Gasteiger partial charge in [0.25, 0.3) is 5.91 Å². The summed E-state index contributed by atoms with van der Waals surface area (Å²) in [5.41, 5.74) is 1.97. The number of nitrogens with one attached hydrogen (secondary N) is 2. The molecule has 2 N–H and O–H groups in total. The minimum atomic E-state index is -0.222. The number of aryl methyl sites for hydroxylation is 1. The molecule has 0 aliphatic heterocycles. The summed E-state index contributed by atoms with van der Waals surface area (Å²) in [6.07, 6.45) is 0.634. The van der Waals surface area contributed by atoms with Crippen LogP contribution in [0.4, 0.5) is 0 Å². The number of carbonyl (C=O) groups excluding carboxylic acids is 1. The van der Waals surface area contributed by atoms with Gasteiger partial charge >= 0.3 is 5.69 Å². The summed E-state index contributed by atoms with van der Waals surface area (Å²) in [6, 6.07) is 12.3. The molecule has 0 unspecified atom stereocenters. The lowest BCUT2D eigenvalue weighted by molar-refractivity contribution is 0.0953. The second kappa shape index (κ2) is 7.11. The number of para-hydroxylation sites is 2. The number of halogens is 2. The van der Waals surface area contributed by atoms with Crippen LogP contribution in [0.2, 0.25) is 10.0 Å². The quantitative estimate of drug-likeness (QED) is 0.681. The third kappa shape index (κ3) is 3.47. The molecular weight excluding hydrogens is 349 g/mol. The van der Waals surface area contributed by atoms with E-state index in [1.165, 1.54) is 6.07 Å². The van der Waals surface area contributed by atoms with Crippen molar-refractivity contribution in [2.75, 3.05) is 6.54 Å². The number of imidazole rings is 1. The molecule has 0 fully saturated rings. The Morgan fingerprint density at radius 1 is 1.12 bits per heavy atom. The molecule has 0 aliphatic rings. The summed E-state index contributed by atoms with van der Waals surface area (Å²) < 4.78 is 1.67. The fourth-order valence-corrected chi connectivity index (χ4v) is 2.81. The van der Waals surface area contributed by atoms with Gasteiger partial charge in [-0.05, 0) is 36.8 Å². The van der Waals surface area contributed by atoms with E-state index in [2.05, 4.69) is 10.3 Å². The summed E-state index contributed by atoms with van der Waals surface area (Å²) in [5, 5.41) is 3.56. The van der Waals surface area contributed by atoms with Crippen molar-refractivity contribution in [3.8, 4) is 0 Å². The maximum absolute atomic E-state index is 12.1. The number of H-pyrrole nitrogens is 1. The van der Waals surface area contributed by atoms with Gasteiger partial charge in [0.2, 0.25) is 0 Å². The molecule has 0 spiro atoms. The Labute approximate surface area is 148 Å². The number of benzene rings is 2. The molecule has 0 atom stereocenters. The van der Waals surface area contributed by atoms with E-state index < -0.39 is 0 Å². The van der Waals surface area contributed by atoms with Gasteiger partial charge in [-0.15, -0.1) is 0 Å². The van der Waals surface area contributed by atoms with Gasteiger partial charge in [-0.3, -0.25) is 9.36 Å². The SMILES string of the molecule is O=C(NCCCn1c(=O)[nH]c2ccccc21)c1ccc(Cl)c(Cl)c1. The van der Waals surface area contributed by atoms with Crippen molar-refractivity contribution >= 4 is 40.1 Å². The monoisotopic (exact) mass is 363 g/mol. The normalized spacial score (nSPS) is 10.9. The van der Waals surface area contributed by atoms with Crippen molar-refractivity contribution in [3.05, 3.63) is 68.6 Å². The Bertz CT molecular complexity index is 946. The first kappa shape index (κ1) is 16.6. The standard InChI is InChI=1S/C17H15Cl2N3O2/c18-12-7-6-11(10-13(12)19)16(23)20-8-3-9-22-15-5-2-1-4-14(15)21-17(22)24/h1-2,4-7,10H,3,8-9H2,(H,20,23)(H,21,24). The first-order valence-electron chi connectivity index (χ1n) is 7.47. The van der Waals surface area contributed by atoms with Gasteiger partial charge in [-0.1, -0.05) is 35.3 Å². The average Bonchev–Trinajstić information content (AvgIpc) is 2.89. The molecule has 3 rings (SSSR count). The van der Waals surface area contributed by atoms with Gasteiger partial charge < -0.3 is 10.3 Å². The van der Waals surface area contributed by atoms with E-state index in [1.54, 1.807) is 16.7 Å². The van der Waals surface area contributed by atoms with Crippen molar-refractivity contribution in [1.82, 2.24) is 14.9 Å². The second-order valence-electron chi connectivity index (χ2n) is 5.34. The topological polar surface area (TPSA) is 66.9 Å². The van der Waals surface area contributed by atoms with E-state index in [0.29, 0.717) is 35.1 Å². The van der Waals surface area contributed by atoms with Crippen molar-refractivity contribution in [2.24, 2.45) is 0 Å². The molecule has 24 heavy (non-hydrogen) atoms. The summed E-state index contributed by atoms with van der Waals surface area (Å²) in [5.74, 6) is -0.222. The molecule has 0 saturated heterocycles. The Morgan fingerprint density at radius 3 is 2.71 bits per heavy atom. The molecule has 1 aromatic heterocycles. The van der Waals surface area contributed by atoms with Gasteiger partial charge in [-0.25, -0.2) is 4.79 Å². The van der Waals surface area contributed by atoms with Crippen molar-refractivity contribution < 1.29 is 4.79 Å². The molecule has 3 aromatic rings. The fourth-order valence-electron chi connectivity index (χ4n) is 2.51. The molecule has 0 saturated carbocycles. The molecule has 0 aliphatic carbocycles. The summed E-state index contributed by atoms with van der Waals surface area (Å²) in [7, 11) is 0. The van der Waals surface area contributed by atoms with Crippen LogP contribution < -0.4 is 11.0 Å². The van der Waals surface area contributed by atoms with Crippen LogP contribution in [0.15, 0.2) is 47.3 Å². The van der Waals surface area contributed by atoms with Gasteiger partial charge in [0.05, 0.1) is 21.1 Å². The molecule has 5 nitrogen and oxygen atoms in total. The lowest BCUT2D eigenvalue weighted by Gasteiger charge is -2.07. The van der Waals surface area contributed by atoms with Crippen LogP contribution >= 0.6 is 23.2 Å². The molecule has 2 aromatic carbocycles. The maximum atomic E-state index is 12.1. The van der Waals surface area contributed by atoms with E-state index in [9.17, 15) is 9.59 Å². The summed E-state index contributed by atoms with van der Waals surface area (Å²) >= 11 is 11.7. The highest BCUT2D eigenvalue weighted by Gasteiger charge is 2.08. The predicted molar refractivity (Wildman–Crippen MR) is 96.0 cm³/mol. The Hall–Kier alpha value is -2.24. The lowest BCUT2D eigenvalue weighted by atomic mass is 10.2. The molecule has 1 heterocycles. The van der Waals surface area contributed by atoms with E-state index >= 15 is 0 Å². The highest BCUT2D eigenvalue weighted by atomic mass is 35.5. The third-order valence-electron chi connectivity index (χ3n) is 3.71. The van der Waals surface area contributed by atoms with Crippen LogP contribution in [0.1, 0.15) is 16.8 Å². The number of hydrogen-bond donors (Lipinski definition) is 2.